The van der Waals surface area contributed by atoms with E-state index in [0.717, 1.165) is 57.8 Å². The lowest BCUT2D eigenvalue weighted by Gasteiger charge is -2.18. The number of ether oxygens (including phenoxy) is 3. The summed E-state index contributed by atoms with van der Waals surface area (Å²) in [6.45, 7) is 6.69. The zero-order valence-electron chi connectivity index (χ0n) is 44.0. The number of allylic oxidation sites excluding steroid dienone is 2. The van der Waals surface area contributed by atoms with Crippen molar-refractivity contribution in [1.29, 1.82) is 0 Å². The lowest BCUT2D eigenvalue weighted by Crippen LogP contribution is -2.30. The van der Waals surface area contributed by atoms with Crippen molar-refractivity contribution in [3.63, 3.8) is 0 Å². The summed E-state index contributed by atoms with van der Waals surface area (Å²) in [4.78, 5) is 38.1. The van der Waals surface area contributed by atoms with Crippen molar-refractivity contribution in [2.75, 3.05) is 13.2 Å². The maximum atomic E-state index is 12.8. The molecule has 1 atom stereocenters. The minimum absolute atomic E-state index is 0.0643. The molecule has 65 heavy (non-hydrogen) atoms. The van der Waals surface area contributed by atoms with Crippen molar-refractivity contribution in [3.05, 3.63) is 12.2 Å². The second-order valence-electron chi connectivity index (χ2n) is 19.9. The van der Waals surface area contributed by atoms with Crippen molar-refractivity contribution < 1.29 is 28.6 Å². The molecular formula is C59H112O6. The molecule has 0 N–H and O–H groups in total. The first-order valence-electron chi connectivity index (χ1n) is 29.2. The average molecular weight is 918 g/mol. The summed E-state index contributed by atoms with van der Waals surface area (Å²) in [6, 6.07) is 0. The van der Waals surface area contributed by atoms with E-state index in [0.29, 0.717) is 19.3 Å². The Balaban J connectivity index is 4.29. The quantitative estimate of drug-likeness (QED) is 0.0262. The molecule has 0 fully saturated rings. The molecule has 6 heteroatoms. The fraction of sp³-hybridized carbons (Fsp3) is 0.915. The minimum Gasteiger partial charge on any atom is -0.462 e. The second-order valence-corrected chi connectivity index (χ2v) is 19.9. The highest BCUT2D eigenvalue weighted by Gasteiger charge is 2.19. The van der Waals surface area contributed by atoms with Gasteiger partial charge in [0.25, 0.3) is 0 Å². The van der Waals surface area contributed by atoms with E-state index in [4.69, 9.17) is 14.2 Å². The monoisotopic (exact) mass is 917 g/mol. The fourth-order valence-corrected chi connectivity index (χ4v) is 8.85. The molecule has 0 saturated heterocycles. The molecule has 0 heterocycles. The van der Waals surface area contributed by atoms with Crippen LogP contribution in [0.3, 0.4) is 0 Å². The maximum Gasteiger partial charge on any atom is 0.306 e. The molecule has 0 amide bonds. The Morgan fingerprint density at radius 3 is 0.769 bits per heavy atom. The summed E-state index contributed by atoms with van der Waals surface area (Å²) in [7, 11) is 0. The zero-order chi connectivity index (χ0) is 47.2. The van der Waals surface area contributed by atoms with E-state index in [2.05, 4.69) is 32.9 Å². The molecule has 0 spiro atoms. The van der Waals surface area contributed by atoms with Crippen molar-refractivity contribution in [1.82, 2.24) is 0 Å². The predicted octanol–water partition coefficient (Wildman–Crippen LogP) is 19.3. The van der Waals surface area contributed by atoms with Gasteiger partial charge in [-0.3, -0.25) is 14.4 Å². The normalized spacial score (nSPS) is 12.0. The Hall–Kier alpha value is -1.85. The van der Waals surface area contributed by atoms with Crippen molar-refractivity contribution in [2.24, 2.45) is 0 Å². The van der Waals surface area contributed by atoms with E-state index in [9.17, 15) is 14.4 Å². The van der Waals surface area contributed by atoms with E-state index in [1.54, 1.807) is 0 Å². The zero-order valence-corrected chi connectivity index (χ0v) is 44.0. The molecule has 0 aromatic rings. The van der Waals surface area contributed by atoms with Crippen LogP contribution in [0.15, 0.2) is 12.2 Å². The molecule has 0 radical (unpaired) electrons. The summed E-state index contributed by atoms with van der Waals surface area (Å²) < 4.78 is 16.9. The van der Waals surface area contributed by atoms with Gasteiger partial charge in [-0.1, -0.05) is 277 Å². The molecule has 0 saturated carbocycles. The van der Waals surface area contributed by atoms with Gasteiger partial charge in [-0.05, 0) is 44.9 Å². The third kappa shape index (κ3) is 53.0. The number of carbonyl (C=O) groups is 3. The average Bonchev–Trinajstić information content (AvgIpc) is 3.30. The van der Waals surface area contributed by atoms with Gasteiger partial charge >= 0.3 is 17.9 Å². The van der Waals surface area contributed by atoms with E-state index < -0.39 is 6.10 Å². The van der Waals surface area contributed by atoms with Gasteiger partial charge in [0.1, 0.15) is 13.2 Å². The van der Waals surface area contributed by atoms with Gasteiger partial charge in [-0.25, -0.2) is 0 Å². The topological polar surface area (TPSA) is 78.9 Å². The van der Waals surface area contributed by atoms with Crippen LogP contribution in [0, 0.1) is 0 Å². The summed E-state index contributed by atoms with van der Waals surface area (Å²) >= 11 is 0. The molecule has 0 rings (SSSR count). The van der Waals surface area contributed by atoms with Gasteiger partial charge in [0, 0.05) is 19.3 Å². The number of carbonyl (C=O) groups excluding carboxylic acids is 3. The maximum absolute atomic E-state index is 12.8. The van der Waals surface area contributed by atoms with Crippen LogP contribution < -0.4 is 0 Å². The van der Waals surface area contributed by atoms with Crippen LogP contribution in [0.5, 0.6) is 0 Å². The van der Waals surface area contributed by atoms with Crippen LogP contribution in [0.1, 0.15) is 329 Å². The molecule has 6 nitrogen and oxygen atoms in total. The molecule has 0 unspecified atom stereocenters. The molecule has 0 aliphatic carbocycles. The number of hydrogen-bond donors (Lipinski definition) is 0. The number of rotatable bonds is 54. The van der Waals surface area contributed by atoms with Crippen LogP contribution >= 0.6 is 0 Å². The Kier molecular flexibility index (Phi) is 53.2. The minimum atomic E-state index is -0.764. The highest BCUT2D eigenvalue weighted by atomic mass is 16.6. The predicted molar refractivity (Wildman–Crippen MR) is 280 cm³/mol. The van der Waals surface area contributed by atoms with Crippen LogP contribution in [0.2, 0.25) is 0 Å². The van der Waals surface area contributed by atoms with Gasteiger partial charge in [-0.15, -0.1) is 0 Å². The van der Waals surface area contributed by atoms with E-state index in [1.807, 2.05) is 0 Å². The lowest BCUT2D eigenvalue weighted by atomic mass is 10.0. The Morgan fingerprint density at radius 2 is 0.508 bits per heavy atom. The van der Waals surface area contributed by atoms with E-state index in [1.165, 1.54) is 231 Å². The first-order valence-corrected chi connectivity index (χ1v) is 29.2. The summed E-state index contributed by atoms with van der Waals surface area (Å²) in [5.41, 5.74) is 0. The smallest absolute Gasteiger partial charge is 0.306 e. The summed E-state index contributed by atoms with van der Waals surface area (Å²) in [5.74, 6) is -0.842. The standard InChI is InChI=1S/C59H112O6/c1-4-7-10-13-16-19-22-25-28-29-30-31-32-35-37-40-43-46-49-52-58(61)64-55-56(65-59(62)53-50-47-44-41-38-34-27-24-21-18-15-12-9-6-3)54-63-57(60)51-48-45-42-39-36-33-26-23-20-17-14-11-8-5-2/h25,28,56H,4-24,26-27,29-55H2,1-3H3/b28-25-/t56-/m1/s1. The van der Waals surface area contributed by atoms with Gasteiger partial charge < -0.3 is 14.2 Å². The molecule has 0 aliphatic rings. The van der Waals surface area contributed by atoms with Crippen LogP contribution in [-0.4, -0.2) is 37.2 Å². The SMILES string of the molecule is CCCCCCCC/C=C\CCCCCCCCCCCC(=O)OC[C@@H](COC(=O)CCCCCCCCCCCCCCCC)OC(=O)CCCCCCCCCCCCCCCC. The van der Waals surface area contributed by atoms with Gasteiger partial charge in [0.15, 0.2) is 6.10 Å². The Labute approximate surface area is 405 Å². The first kappa shape index (κ1) is 63.1. The Bertz CT molecular complexity index is 1010. The molecule has 0 aromatic carbocycles. The van der Waals surface area contributed by atoms with Gasteiger partial charge in [0.2, 0.25) is 0 Å². The van der Waals surface area contributed by atoms with Crippen LogP contribution in [-0.2, 0) is 28.6 Å². The van der Waals surface area contributed by atoms with E-state index in [-0.39, 0.29) is 31.1 Å². The second kappa shape index (κ2) is 54.8. The third-order valence-corrected chi connectivity index (χ3v) is 13.3. The number of esters is 3. The summed E-state index contributed by atoms with van der Waals surface area (Å²) in [6.07, 6.45) is 62.0. The highest BCUT2D eigenvalue weighted by Crippen LogP contribution is 2.17. The number of hydrogen-bond acceptors (Lipinski definition) is 6. The van der Waals surface area contributed by atoms with Crippen molar-refractivity contribution in [3.8, 4) is 0 Å². The molecular weight excluding hydrogens is 805 g/mol. The molecule has 384 valence electrons. The fourth-order valence-electron chi connectivity index (χ4n) is 8.85. The molecule has 0 bridgehead atoms. The molecule has 0 aromatic heterocycles. The van der Waals surface area contributed by atoms with Gasteiger partial charge in [-0.2, -0.15) is 0 Å². The number of unbranched alkanes of at least 4 members (excludes halogenated alkanes) is 41. The Morgan fingerprint density at radius 1 is 0.292 bits per heavy atom. The van der Waals surface area contributed by atoms with Crippen LogP contribution in [0.4, 0.5) is 0 Å². The van der Waals surface area contributed by atoms with Gasteiger partial charge in [0.05, 0.1) is 0 Å². The highest BCUT2D eigenvalue weighted by molar-refractivity contribution is 5.71. The molecule has 0 aliphatic heterocycles. The van der Waals surface area contributed by atoms with Crippen LogP contribution in [0.25, 0.3) is 0 Å². The van der Waals surface area contributed by atoms with Crippen molar-refractivity contribution in [2.45, 2.75) is 335 Å². The first-order chi connectivity index (χ1) is 32.0. The lowest BCUT2D eigenvalue weighted by molar-refractivity contribution is -0.167. The largest absolute Gasteiger partial charge is 0.462 e. The van der Waals surface area contributed by atoms with E-state index >= 15 is 0 Å². The summed E-state index contributed by atoms with van der Waals surface area (Å²) in [5, 5.41) is 0. The van der Waals surface area contributed by atoms with Crippen molar-refractivity contribution >= 4 is 17.9 Å². The third-order valence-electron chi connectivity index (χ3n) is 13.3.